The van der Waals surface area contributed by atoms with Gasteiger partial charge in [0.05, 0.1) is 5.37 Å². The van der Waals surface area contributed by atoms with Gasteiger partial charge in [-0.1, -0.05) is 13.3 Å². The highest BCUT2D eigenvalue weighted by molar-refractivity contribution is 8.00. The van der Waals surface area contributed by atoms with E-state index in [1.165, 1.54) is 0 Å². The van der Waals surface area contributed by atoms with Gasteiger partial charge in [-0.2, -0.15) is 0 Å². The van der Waals surface area contributed by atoms with E-state index < -0.39 is 12.0 Å². The molecule has 1 aliphatic heterocycles. The molecule has 0 spiro atoms. The Kier molecular flexibility index (Phi) is 6.65. The second kappa shape index (κ2) is 7.75. The average Bonchev–Trinajstić information content (AvgIpc) is 2.72. The molecular weight excluding hydrogens is 264 g/mol. The van der Waals surface area contributed by atoms with Gasteiger partial charge in [0.15, 0.2) is 0 Å². The maximum absolute atomic E-state index is 12.2. The second-order valence-corrected chi connectivity index (χ2v) is 6.31. The summed E-state index contributed by atoms with van der Waals surface area (Å²) in [7, 11) is 0. The average molecular weight is 288 g/mol. The first-order valence-electron chi connectivity index (χ1n) is 6.88. The van der Waals surface area contributed by atoms with Crippen molar-refractivity contribution >= 4 is 23.6 Å². The van der Waals surface area contributed by atoms with E-state index in [0.29, 0.717) is 12.2 Å². The van der Waals surface area contributed by atoms with E-state index in [-0.39, 0.29) is 17.3 Å². The Labute approximate surface area is 118 Å². The lowest BCUT2D eigenvalue weighted by Crippen LogP contribution is -2.45. The van der Waals surface area contributed by atoms with Crippen molar-refractivity contribution < 1.29 is 14.7 Å². The lowest BCUT2D eigenvalue weighted by Gasteiger charge is -2.27. The minimum absolute atomic E-state index is 0.0221. The Morgan fingerprint density at radius 2 is 2.21 bits per heavy atom. The van der Waals surface area contributed by atoms with Gasteiger partial charge < -0.3 is 15.7 Å². The molecule has 5 nitrogen and oxygen atoms in total. The van der Waals surface area contributed by atoms with Crippen LogP contribution in [0.4, 0.5) is 0 Å². The van der Waals surface area contributed by atoms with Crippen molar-refractivity contribution in [2.24, 2.45) is 5.73 Å². The van der Waals surface area contributed by atoms with Crippen LogP contribution in [0, 0.1) is 0 Å². The highest BCUT2D eigenvalue weighted by atomic mass is 32.2. The molecular formula is C13H24N2O3S. The van der Waals surface area contributed by atoms with Crippen LogP contribution in [0.2, 0.25) is 0 Å². The molecule has 0 radical (unpaired) electrons. The summed E-state index contributed by atoms with van der Waals surface area (Å²) in [4.78, 5) is 25.0. The van der Waals surface area contributed by atoms with Crippen molar-refractivity contribution in [3.8, 4) is 0 Å². The summed E-state index contributed by atoms with van der Waals surface area (Å²) in [5.41, 5.74) is 5.66. The van der Waals surface area contributed by atoms with Crippen LogP contribution >= 0.6 is 11.8 Å². The van der Waals surface area contributed by atoms with Gasteiger partial charge in [0.2, 0.25) is 5.91 Å². The molecule has 0 saturated carbocycles. The van der Waals surface area contributed by atoms with Gasteiger partial charge in [-0.05, 0) is 26.2 Å². The van der Waals surface area contributed by atoms with E-state index in [0.717, 1.165) is 25.7 Å². The predicted octanol–water partition coefficient (Wildman–Crippen LogP) is 1.66. The van der Waals surface area contributed by atoms with E-state index in [4.69, 9.17) is 5.73 Å². The quantitative estimate of drug-likeness (QED) is 0.744. The van der Waals surface area contributed by atoms with Crippen molar-refractivity contribution in [3.05, 3.63) is 0 Å². The number of thioether (sulfide) groups is 1. The van der Waals surface area contributed by atoms with Crippen molar-refractivity contribution in [2.75, 3.05) is 5.75 Å². The number of carboxylic acid groups (broad SMARTS) is 1. The molecule has 1 amide bonds. The molecule has 110 valence electrons. The lowest BCUT2D eigenvalue weighted by atomic mass is 10.1. The molecule has 1 fully saturated rings. The highest BCUT2D eigenvalue weighted by Crippen LogP contribution is 2.33. The summed E-state index contributed by atoms with van der Waals surface area (Å²) in [6.45, 7) is 3.96. The molecule has 3 unspecified atom stereocenters. The van der Waals surface area contributed by atoms with Crippen molar-refractivity contribution in [2.45, 2.75) is 63.4 Å². The van der Waals surface area contributed by atoms with Crippen LogP contribution in [-0.2, 0) is 9.59 Å². The van der Waals surface area contributed by atoms with E-state index in [1.807, 2.05) is 13.8 Å². The fourth-order valence-electron chi connectivity index (χ4n) is 2.26. The Bertz CT molecular complexity index is 323. The smallest absolute Gasteiger partial charge is 0.327 e. The van der Waals surface area contributed by atoms with Crippen LogP contribution in [-0.4, -0.2) is 45.1 Å². The number of carbonyl (C=O) groups excluding carboxylic acids is 1. The van der Waals surface area contributed by atoms with Crippen LogP contribution in [0.3, 0.4) is 0 Å². The summed E-state index contributed by atoms with van der Waals surface area (Å²) in [6.07, 6.45) is 3.72. The zero-order chi connectivity index (χ0) is 14.4. The Hall–Kier alpha value is -0.750. The van der Waals surface area contributed by atoms with Crippen molar-refractivity contribution in [1.29, 1.82) is 0 Å². The lowest BCUT2D eigenvalue weighted by molar-refractivity contribution is -0.149. The van der Waals surface area contributed by atoms with Crippen molar-refractivity contribution in [1.82, 2.24) is 4.90 Å². The summed E-state index contributed by atoms with van der Waals surface area (Å²) >= 11 is 1.58. The van der Waals surface area contributed by atoms with Gasteiger partial charge in [0.25, 0.3) is 0 Å². The first-order chi connectivity index (χ1) is 8.97. The summed E-state index contributed by atoms with van der Waals surface area (Å²) in [6, 6.07) is -0.577. The van der Waals surface area contributed by atoms with Gasteiger partial charge >= 0.3 is 5.97 Å². The van der Waals surface area contributed by atoms with Crippen LogP contribution in [0.5, 0.6) is 0 Å². The third kappa shape index (κ3) is 4.69. The molecule has 0 aliphatic carbocycles. The number of carboxylic acids is 1. The van der Waals surface area contributed by atoms with Crippen LogP contribution < -0.4 is 5.73 Å². The van der Waals surface area contributed by atoms with Crippen LogP contribution in [0.1, 0.15) is 46.0 Å². The van der Waals surface area contributed by atoms with E-state index in [9.17, 15) is 14.7 Å². The number of hydrogen-bond acceptors (Lipinski definition) is 4. The molecule has 0 bridgehead atoms. The number of aliphatic carboxylic acids is 1. The number of nitrogens with two attached hydrogens (primary N) is 1. The highest BCUT2D eigenvalue weighted by Gasteiger charge is 2.40. The molecule has 1 heterocycles. The third-order valence-electron chi connectivity index (χ3n) is 3.25. The molecule has 3 atom stereocenters. The molecule has 3 N–H and O–H groups in total. The Morgan fingerprint density at radius 1 is 1.53 bits per heavy atom. The number of rotatable bonds is 7. The van der Waals surface area contributed by atoms with E-state index >= 15 is 0 Å². The monoisotopic (exact) mass is 288 g/mol. The van der Waals surface area contributed by atoms with Gasteiger partial charge in [-0.25, -0.2) is 4.79 Å². The van der Waals surface area contributed by atoms with E-state index in [2.05, 4.69) is 0 Å². The molecule has 0 aromatic heterocycles. The van der Waals surface area contributed by atoms with Gasteiger partial charge in [0, 0.05) is 18.2 Å². The minimum Gasteiger partial charge on any atom is -0.480 e. The zero-order valence-corrected chi connectivity index (χ0v) is 12.5. The largest absolute Gasteiger partial charge is 0.480 e. The van der Waals surface area contributed by atoms with Gasteiger partial charge in [-0.3, -0.25) is 4.79 Å². The molecule has 1 rings (SSSR count). The topological polar surface area (TPSA) is 83.6 Å². The first kappa shape index (κ1) is 16.3. The standard InChI is InChI=1S/C13H24N2O3S/c1-3-5-12-15(10(8-19-12)13(17)18)11(16)7-4-6-9(2)14/h9-10,12H,3-8,14H2,1-2H3,(H,17,18). The molecule has 0 aromatic rings. The fourth-order valence-corrected chi connectivity index (χ4v) is 3.80. The molecule has 1 aliphatic rings. The van der Waals surface area contributed by atoms with Crippen molar-refractivity contribution in [3.63, 3.8) is 0 Å². The molecule has 6 heteroatoms. The maximum atomic E-state index is 12.2. The maximum Gasteiger partial charge on any atom is 0.327 e. The zero-order valence-electron chi connectivity index (χ0n) is 11.7. The van der Waals surface area contributed by atoms with Gasteiger partial charge in [-0.15, -0.1) is 11.8 Å². The number of carbonyl (C=O) groups is 2. The Balaban J connectivity index is 2.61. The molecule has 0 aromatic carbocycles. The number of amides is 1. The molecule has 19 heavy (non-hydrogen) atoms. The fraction of sp³-hybridized carbons (Fsp3) is 0.846. The van der Waals surface area contributed by atoms with Crippen LogP contribution in [0.25, 0.3) is 0 Å². The number of nitrogens with zero attached hydrogens (tertiary/aromatic N) is 1. The number of hydrogen-bond donors (Lipinski definition) is 2. The predicted molar refractivity (Wildman–Crippen MR) is 76.9 cm³/mol. The summed E-state index contributed by atoms with van der Waals surface area (Å²) < 4.78 is 0. The first-order valence-corrected chi connectivity index (χ1v) is 7.93. The third-order valence-corrected chi connectivity index (χ3v) is 4.61. The second-order valence-electron chi connectivity index (χ2n) is 5.10. The summed E-state index contributed by atoms with van der Waals surface area (Å²) in [5.74, 6) is -0.442. The molecule has 1 saturated heterocycles. The summed E-state index contributed by atoms with van der Waals surface area (Å²) in [5, 5.41) is 9.23. The van der Waals surface area contributed by atoms with E-state index in [1.54, 1.807) is 16.7 Å². The minimum atomic E-state index is -0.897. The SMILES string of the molecule is CCCC1SCC(C(=O)O)N1C(=O)CCCC(C)N. The normalized spacial score (nSPS) is 24.5. The Morgan fingerprint density at radius 3 is 2.74 bits per heavy atom. The van der Waals surface area contributed by atoms with Crippen LogP contribution in [0.15, 0.2) is 0 Å². The van der Waals surface area contributed by atoms with Gasteiger partial charge in [0.1, 0.15) is 6.04 Å².